The van der Waals surface area contributed by atoms with Crippen molar-refractivity contribution in [3.8, 4) is 0 Å². The van der Waals surface area contributed by atoms with Gasteiger partial charge in [-0.25, -0.2) is 0 Å². The normalized spacial score (nSPS) is 11.8. The summed E-state index contributed by atoms with van der Waals surface area (Å²) in [6.07, 6.45) is 3.55. The molecule has 2 aromatic heterocycles. The van der Waals surface area contributed by atoms with E-state index in [9.17, 15) is 14.4 Å². The van der Waals surface area contributed by atoms with Gasteiger partial charge in [-0.3, -0.25) is 19.1 Å². The van der Waals surface area contributed by atoms with E-state index in [4.69, 9.17) is 0 Å². The molecule has 0 radical (unpaired) electrons. The highest BCUT2D eigenvalue weighted by atomic mass is 32.1. The SMILES string of the molecule is CNC(=O)Cn1cc(NC(=O)C(CC(C)C)NC(=O)c2cccs2)cn1. The van der Waals surface area contributed by atoms with Gasteiger partial charge < -0.3 is 16.0 Å². The van der Waals surface area contributed by atoms with Crippen molar-refractivity contribution in [1.82, 2.24) is 20.4 Å². The number of nitrogens with zero attached hydrogens (tertiary/aromatic N) is 2. The molecule has 2 rings (SSSR count). The number of anilines is 1. The molecule has 3 N–H and O–H groups in total. The third-order valence-electron chi connectivity index (χ3n) is 3.56. The Morgan fingerprint density at radius 3 is 2.69 bits per heavy atom. The fourth-order valence-electron chi connectivity index (χ4n) is 2.31. The number of amides is 3. The van der Waals surface area contributed by atoms with Crippen molar-refractivity contribution in [1.29, 1.82) is 0 Å². The van der Waals surface area contributed by atoms with E-state index in [2.05, 4.69) is 21.0 Å². The largest absolute Gasteiger partial charge is 0.358 e. The minimum Gasteiger partial charge on any atom is -0.358 e. The summed E-state index contributed by atoms with van der Waals surface area (Å²) in [5, 5.41) is 13.9. The summed E-state index contributed by atoms with van der Waals surface area (Å²) in [5.74, 6) is -0.545. The Hall–Kier alpha value is -2.68. The molecule has 0 aromatic carbocycles. The van der Waals surface area contributed by atoms with Crippen molar-refractivity contribution in [3.63, 3.8) is 0 Å². The minimum atomic E-state index is -0.660. The van der Waals surface area contributed by atoms with E-state index in [1.54, 1.807) is 25.4 Å². The number of aromatic nitrogens is 2. The molecule has 2 heterocycles. The Morgan fingerprint density at radius 2 is 2.08 bits per heavy atom. The molecule has 1 unspecified atom stereocenters. The Kier molecular flexibility index (Phi) is 6.90. The number of hydrogen-bond donors (Lipinski definition) is 3. The first-order valence-corrected chi connectivity index (χ1v) is 9.15. The molecule has 3 amide bonds. The molecular weight excluding hydrogens is 354 g/mol. The van der Waals surface area contributed by atoms with E-state index in [0.29, 0.717) is 17.0 Å². The molecule has 0 spiro atoms. The highest BCUT2D eigenvalue weighted by molar-refractivity contribution is 7.12. The second kappa shape index (κ2) is 9.14. The lowest BCUT2D eigenvalue weighted by molar-refractivity contribution is -0.121. The molecule has 0 aliphatic heterocycles. The van der Waals surface area contributed by atoms with Crippen LogP contribution in [0.5, 0.6) is 0 Å². The number of hydrogen-bond acceptors (Lipinski definition) is 5. The molecule has 0 saturated carbocycles. The second-order valence-electron chi connectivity index (χ2n) is 6.22. The number of carbonyl (C=O) groups is 3. The van der Waals surface area contributed by atoms with Crippen LogP contribution in [0.3, 0.4) is 0 Å². The quantitative estimate of drug-likeness (QED) is 0.648. The van der Waals surface area contributed by atoms with Crippen molar-refractivity contribution >= 4 is 34.7 Å². The van der Waals surface area contributed by atoms with E-state index >= 15 is 0 Å². The van der Waals surface area contributed by atoms with Crippen LogP contribution in [-0.4, -0.2) is 40.6 Å². The van der Waals surface area contributed by atoms with Gasteiger partial charge in [0.25, 0.3) is 5.91 Å². The molecule has 0 bridgehead atoms. The van der Waals surface area contributed by atoms with Crippen molar-refractivity contribution < 1.29 is 14.4 Å². The van der Waals surface area contributed by atoms with Crippen LogP contribution in [0.4, 0.5) is 5.69 Å². The molecule has 140 valence electrons. The molecule has 9 heteroatoms. The lowest BCUT2D eigenvalue weighted by Crippen LogP contribution is -2.44. The van der Waals surface area contributed by atoms with Crippen molar-refractivity contribution in [3.05, 3.63) is 34.8 Å². The third-order valence-corrected chi connectivity index (χ3v) is 4.43. The predicted molar refractivity (Wildman–Crippen MR) is 100.0 cm³/mol. The van der Waals surface area contributed by atoms with E-state index < -0.39 is 6.04 Å². The van der Waals surface area contributed by atoms with Crippen molar-refractivity contribution in [2.75, 3.05) is 12.4 Å². The van der Waals surface area contributed by atoms with Gasteiger partial charge in [0.05, 0.1) is 16.8 Å². The maximum atomic E-state index is 12.6. The summed E-state index contributed by atoms with van der Waals surface area (Å²) >= 11 is 1.32. The summed E-state index contributed by atoms with van der Waals surface area (Å²) in [4.78, 5) is 36.8. The molecule has 1 atom stereocenters. The Bertz CT molecular complexity index is 754. The summed E-state index contributed by atoms with van der Waals surface area (Å²) in [6.45, 7) is 4.04. The van der Waals surface area contributed by atoms with Crippen LogP contribution in [0.2, 0.25) is 0 Å². The first-order valence-electron chi connectivity index (χ1n) is 8.27. The van der Waals surface area contributed by atoms with Crippen LogP contribution >= 0.6 is 11.3 Å². The first kappa shape index (κ1) is 19.6. The molecular formula is C17H23N5O3S. The topological polar surface area (TPSA) is 105 Å². The molecule has 26 heavy (non-hydrogen) atoms. The van der Waals surface area contributed by atoms with Gasteiger partial charge in [0.15, 0.2) is 0 Å². The maximum absolute atomic E-state index is 12.6. The third kappa shape index (κ3) is 5.69. The second-order valence-corrected chi connectivity index (χ2v) is 7.17. The van der Waals surface area contributed by atoms with Crippen LogP contribution in [-0.2, 0) is 16.1 Å². The van der Waals surface area contributed by atoms with E-state index in [0.717, 1.165) is 0 Å². The number of likely N-dealkylation sites (N-methyl/N-ethyl adjacent to an activating group) is 1. The predicted octanol–water partition coefficient (Wildman–Crippen LogP) is 1.47. The first-order chi connectivity index (χ1) is 12.4. The standard InChI is InChI=1S/C17H23N5O3S/c1-11(2)7-13(21-17(25)14-5-4-6-26-14)16(24)20-12-8-19-22(9-12)10-15(23)18-3/h4-6,8-9,11,13H,7,10H2,1-3H3,(H,18,23)(H,20,24)(H,21,25). The van der Waals surface area contributed by atoms with E-state index in [-0.39, 0.29) is 30.2 Å². The zero-order valence-electron chi connectivity index (χ0n) is 15.0. The summed E-state index contributed by atoms with van der Waals surface area (Å²) in [7, 11) is 1.54. The van der Waals surface area contributed by atoms with Crippen LogP contribution in [0, 0.1) is 5.92 Å². The number of rotatable bonds is 8. The van der Waals surface area contributed by atoms with Gasteiger partial charge in [0.1, 0.15) is 12.6 Å². The van der Waals surface area contributed by atoms with Gasteiger partial charge in [0, 0.05) is 13.2 Å². The highest BCUT2D eigenvalue weighted by Crippen LogP contribution is 2.13. The maximum Gasteiger partial charge on any atom is 0.261 e. The highest BCUT2D eigenvalue weighted by Gasteiger charge is 2.23. The fraction of sp³-hybridized carbons (Fsp3) is 0.412. The van der Waals surface area contributed by atoms with Gasteiger partial charge in [-0.15, -0.1) is 11.3 Å². The molecule has 2 aromatic rings. The van der Waals surface area contributed by atoms with Crippen LogP contribution in [0.25, 0.3) is 0 Å². The molecule has 8 nitrogen and oxygen atoms in total. The number of carbonyl (C=O) groups excluding carboxylic acids is 3. The van der Waals surface area contributed by atoms with Crippen molar-refractivity contribution in [2.24, 2.45) is 5.92 Å². The van der Waals surface area contributed by atoms with Gasteiger partial charge in [0.2, 0.25) is 11.8 Å². The Balaban J connectivity index is 2.02. The lowest BCUT2D eigenvalue weighted by Gasteiger charge is -2.19. The van der Waals surface area contributed by atoms with Gasteiger partial charge in [-0.2, -0.15) is 5.10 Å². The summed E-state index contributed by atoms with van der Waals surface area (Å²) < 4.78 is 1.43. The van der Waals surface area contributed by atoms with Crippen molar-refractivity contribution in [2.45, 2.75) is 32.9 Å². The minimum absolute atomic E-state index is 0.0664. The zero-order chi connectivity index (χ0) is 19.1. The van der Waals surface area contributed by atoms with E-state index in [1.165, 1.54) is 22.2 Å². The lowest BCUT2D eigenvalue weighted by atomic mass is 10.0. The zero-order valence-corrected chi connectivity index (χ0v) is 15.8. The van der Waals surface area contributed by atoms with Gasteiger partial charge in [-0.1, -0.05) is 19.9 Å². The van der Waals surface area contributed by atoms with E-state index in [1.807, 2.05) is 19.2 Å². The van der Waals surface area contributed by atoms with Gasteiger partial charge in [-0.05, 0) is 23.8 Å². The van der Waals surface area contributed by atoms with Crippen LogP contribution < -0.4 is 16.0 Å². The smallest absolute Gasteiger partial charge is 0.261 e. The number of nitrogens with one attached hydrogen (secondary N) is 3. The molecule has 0 aliphatic carbocycles. The number of thiophene rings is 1. The van der Waals surface area contributed by atoms with Gasteiger partial charge >= 0.3 is 0 Å². The van der Waals surface area contributed by atoms with Crippen LogP contribution in [0.15, 0.2) is 29.9 Å². The fourth-order valence-corrected chi connectivity index (χ4v) is 2.94. The summed E-state index contributed by atoms with van der Waals surface area (Å²) in [5.41, 5.74) is 0.470. The Labute approximate surface area is 156 Å². The average Bonchev–Trinajstić information content (AvgIpc) is 3.25. The van der Waals surface area contributed by atoms with Crippen LogP contribution in [0.1, 0.15) is 29.9 Å². The molecule has 0 aliphatic rings. The molecule has 0 fully saturated rings. The average molecular weight is 377 g/mol. The molecule has 0 saturated heterocycles. The Morgan fingerprint density at radius 1 is 1.31 bits per heavy atom. The monoisotopic (exact) mass is 377 g/mol. The summed E-state index contributed by atoms with van der Waals surface area (Å²) in [6, 6.07) is 2.84.